The molecular formula is C28H32ClFN4O3. The minimum Gasteiger partial charge on any atom is -0.481 e. The Balaban J connectivity index is 1.41. The van der Waals surface area contributed by atoms with Crippen molar-refractivity contribution in [3.8, 4) is 0 Å². The molecule has 196 valence electrons. The number of rotatable bonds is 6. The first-order valence-corrected chi connectivity index (χ1v) is 13.1. The first kappa shape index (κ1) is 25.7. The summed E-state index contributed by atoms with van der Waals surface area (Å²) < 4.78 is 16.8. The molecule has 2 aromatic heterocycles. The molecule has 1 saturated heterocycles. The SMILES string of the molecule is CC1(C)CN(C(=O)CN2CCC(CC(=O)O)CC2)Cc2c1c1cccnc1n2Cc1ccc(Cl)cc1F. The van der Waals surface area contributed by atoms with E-state index >= 15 is 0 Å². The monoisotopic (exact) mass is 526 g/mol. The summed E-state index contributed by atoms with van der Waals surface area (Å²) in [6.45, 7) is 7.36. The molecule has 0 aliphatic carbocycles. The highest BCUT2D eigenvalue weighted by atomic mass is 35.5. The first-order chi connectivity index (χ1) is 17.6. The summed E-state index contributed by atoms with van der Waals surface area (Å²) in [6.07, 6.45) is 3.52. The zero-order valence-corrected chi connectivity index (χ0v) is 22.0. The summed E-state index contributed by atoms with van der Waals surface area (Å²) in [5.74, 6) is -0.896. The van der Waals surface area contributed by atoms with Crippen LogP contribution in [0.4, 0.5) is 4.39 Å². The number of pyridine rings is 1. The summed E-state index contributed by atoms with van der Waals surface area (Å²) in [6, 6.07) is 8.67. The third-order valence-electron chi connectivity index (χ3n) is 7.76. The second-order valence-electron chi connectivity index (χ2n) is 11.0. The average Bonchev–Trinajstić information content (AvgIpc) is 3.15. The molecule has 1 fully saturated rings. The van der Waals surface area contributed by atoms with Crippen molar-refractivity contribution in [3.63, 3.8) is 0 Å². The molecule has 2 aliphatic rings. The fraction of sp³-hybridized carbons (Fsp3) is 0.464. The van der Waals surface area contributed by atoms with Crippen LogP contribution in [0.5, 0.6) is 0 Å². The summed E-state index contributed by atoms with van der Waals surface area (Å²) in [5, 5.41) is 10.4. The van der Waals surface area contributed by atoms with E-state index in [4.69, 9.17) is 16.7 Å². The molecule has 7 nitrogen and oxygen atoms in total. The van der Waals surface area contributed by atoms with Gasteiger partial charge in [0.1, 0.15) is 11.5 Å². The molecule has 2 aliphatic heterocycles. The maximum absolute atomic E-state index is 14.8. The van der Waals surface area contributed by atoms with Gasteiger partial charge in [0.2, 0.25) is 5.91 Å². The quantitative estimate of drug-likeness (QED) is 0.504. The Labute approximate surface area is 220 Å². The number of carbonyl (C=O) groups excluding carboxylic acids is 1. The van der Waals surface area contributed by atoms with Gasteiger partial charge in [-0.25, -0.2) is 9.37 Å². The summed E-state index contributed by atoms with van der Waals surface area (Å²) in [4.78, 5) is 33.2. The fourth-order valence-corrected chi connectivity index (χ4v) is 6.15. The van der Waals surface area contributed by atoms with Gasteiger partial charge >= 0.3 is 5.97 Å². The second kappa shape index (κ2) is 10.1. The van der Waals surface area contributed by atoms with Crippen molar-refractivity contribution < 1.29 is 19.1 Å². The van der Waals surface area contributed by atoms with E-state index in [0.29, 0.717) is 36.8 Å². The Morgan fingerprint density at radius 1 is 1.22 bits per heavy atom. The van der Waals surface area contributed by atoms with E-state index in [9.17, 15) is 14.0 Å². The Hall–Kier alpha value is -2.97. The summed E-state index contributed by atoms with van der Waals surface area (Å²) in [5.41, 5.74) is 3.12. The van der Waals surface area contributed by atoms with Crippen LogP contribution in [0.2, 0.25) is 5.02 Å². The highest BCUT2D eigenvalue weighted by Crippen LogP contribution is 2.40. The number of aromatic nitrogens is 2. The van der Waals surface area contributed by atoms with Gasteiger partial charge in [-0.1, -0.05) is 31.5 Å². The number of hydrogen-bond donors (Lipinski definition) is 1. The predicted octanol–water partition coefficient (Wildman–Crippen LogP) is 4.68. The van der Waals surface area contributed by atoms with Crippen LogP contribution < -0.4 is 0 Å². The standard InChI is InChI=1S/C28H32ClFN4O3/c1-28(2)17-33(24(35)16-32-10-7-18(8-11-32)12-25(36)37)15-23-26(28)21-4-3-9-31-27(21)34(23)14-19-5-6-20(29)13-22(19)30/h3-6,9,13,18H,7-8,10-12,14-17H2,1-2H3,(H,36,37). The normalized spacial score (nSPS) is 18.2. The molecule has 0 unspecified atom stereocenters. The van der Waals surface area contributed by atoms with Gasteiger partial charge in [0.25, 0.3) is 0 Å². The summed E-state index contributed by atoms with van der Waals surface area (Å²) >= 11 is 5.98. The maximum Gasteiger partial charge on any atom is 0.303 e. The van der Waals surface area contributed by atoms with Crippen molar-refractivity contribution >= 4 is 34.5 Å². The number of hydrogen-bond acceptors (Lipinski definition) is 4. The van der Waals surface area contributed by atoms with Gasteiger partial charge in [0.15, 0.2) is 0 Å². The van der Waals surface area contributed by atoms with Crippen LogP contribution in [0.3, 0.4) is 0 Å². The topological polar surface area (TPSA) is 78.7 Å². The molecule has 0 atom stereocenters. The molecule has 1 amide bonds. The zero-order valence-electron chi connectivity index (χ0n) is 21.2. The number of nitrogens with zero attached hydrogens (tertiary/aromatic N) is 4. The minimum absolute atomic E-state index is 0.0536. The van der Waals surface area contributed by atoms with Gasteiger partial charge in [-0.05, 0) is 61.7 Å². The lowest BCUT2D eigenvalue weighted by atomic mass is 9.79. The van der Waals surface area contributed by atoms with Gasteiger partial charge in [0, 0.05) is 46.2 Å². The number of carboxylic acids is 1. The fourth-order valence-electron chi connectivity index (χ4n) is 5.99. The van der Waals surface area contributed by atoms with Crippen molar-refractivity contribution in [1.29, 1.82) is 0 Å². The molecule has 5 rings (SSSR count). The molecule has 37 heavy (non-hydrogen) atoms. The molecule has 0 radical (unpaired) electrons. The number of carbonyl (C=O) groups is 2. The van der Waals surface area contributed by atoms with Crippen LogP contribution in [0.15, 0.2) is 36.5 Å². The van der Waals surface area contributed by atoms with Crippen molar-refractivity contribution in [2.45, 2.75) is 51.6 Å². The smallest absolute Gasteiger partial charge is 0.303 e. The number of halogens is 2. The van der Waals surface area contributed by atoms with Crippen molar-refractivity contribution in [1.82, 2.24) is 19.4 Å². The Bertz CT molecular complexity index is 1350. The largest absolute Gasteiger partial charge is 0.481 e. The van der Waals surface area contributed by atoms with Crippen molar-refractivity contribution in [3.05, 3.63) is 64.2 Å². The van der Waals surface area contributed by atoms with Crippen LogP contribution in [-0.4, -0.2) is 62.5 Å². The van der Waals surface area contributed by atoms with Crippen LogP contribution in [0.25, 0.3) is 11.0 Å². The van der Waals surface area contributed by atoms with E-state index in [0.717, 1.165) is 48.2 Å². The molecule has 1 N–H and O–H groups in total. The Kier molecular flexibility index (Phi) is 6.98. The zero-order chi connectivity index (χ0) is 26.3. The first-order valence-electron chi connectivity index (χ1n) is 12.7. The second-order valence-corrected chi connectivity index (χ2v) is 11.4. The van der Waals surface area contributed by atoms with E-state index in [1.54, 1.807) is 18.3 Å². The number of piperidine rings is 1. The Morgan fingerprint density at radius 3 is 2.68 bits per heavy atom. The Morgan fingerprint density at radius 2 is 1.97 bits per heavy atom. The van der Waals surface area contributed by atoms with Crippen LogP contribution in [0, 0.1) is 11.7 Å². The predicted molar refractivity (Wildman–Crippen MR) is 140 cm³/mol. The van der Waals surface area contributed by atoms with Gasteiger partial charge in [-0.15, -0.1) is 0 Å². The molecule has 0 spiro atoms. The van der Waals surface area contributed by atoms with E-state index < -0.39 is 5.97 Å². The van der Waals surface area contributed by atoms with Gasteiger partial charge in [0.05, 0.1) is 19.6 Å². The third-order valence-corrected chi connectivity index (χ3v) is 7.99. The number of benzene rings is 1. The number of aliphatic carboxylic acids is 1. The molecule has 0 saturated carbocycles. The minimum atomic E-state index is -0.760. The molecule has 3 aromatic rings. The number of amides is 1. The molecule has 4 heterocycles. The van der Waals surface area contributed by atoms with E-state index in [1.165, 1.54) is 6.07 Å². The lowest BCUT2D eigenvalue weighted by Crippen LogP contribution is -2.49. The molecule has 0 bridgehead atoms. The highest BCUT2D eigenvalue weighted by Gasteiger charge is 2.39. The summed E-state index contributed by atoms with van der Waals surface area (Å²) in [7, 11) is 0. The van der Waals surface area contributed by atoms with Gasteiger partial charge in [-0.3, -0.25) is 14.5 Å². The lowest BCUT2D eigenvalue weighted by Gasteiger charge is -2.40. The van der Waals surface area contributed by atoms with Gasteiger partial charge < -0.3 is 14.6 Å². The van der Waals surface area contributed by atoms with E-state index in [1.807, 2.05) is 15.5 Å². The molecule has 9 heteroatoms. The van der Waals surface area contributed by atoms with Gasteiger partial charge in [-0.2, -0.15) is 0 Å². The molecule has 1 aromatic carbocycles. The van der Waals surface area contributed by atoms with Crippen LogP contribution >= 0.6 is 11.6 Å². The van der Waals surface area contributed by atoms with E-state index in [-0.39, 0.29) is 29.5 Å². The van der Waals surface area contributed by atoms with Crippen LogP contribution in [0.1, 0.15) is 49.9 Å². The third kappa shape index (κ3) is 5.22. The number of fused-ring (bicyclic) bond motifs is 3. The number of likely N-dealkylation sites (tertiary alicyclic amines) is 1. The highest BCUT2D eigenvalue weighted by molar-refractivity contribution is 6.30. The molecular weight excluding hydrogens is 495 g/mol. The average molecular weight is 527 g/mol. The van der Waals surface area contributed by atoms with Crippen molar-refractivity contribution in [2.75, 3.05) is 26.2 Å². The maximum atomic E-state index is 14.8. The lowest BCUT2D eigenvalue weighted by molar-refractivity contribution is -0.139. The van der Waals surface area contributed by atoms with Crippen LogP contribution in [-0.2, 0) is 28.1 Å². The van der Waals surface area contributed by atoms with Crippen molar-refractivity contribution in [2.24, 2.45) is 5.92 Å². The number of carboxylic acid groups (broad SMARTS) is 1. The van der Waals surface area contributed by atoms with E-state index in [2.05, 4.69) is 29.8 Å².